The number of aliphatic carboxylic acids is 1. The van der Waals surface area contributed by atoms with Gasteiger partial charge in [0.05, 0.1) is 0 Å². The molecule has 0 aliphatic heterocycles. The van der Waals surface area contributed by atoms with E-state index in [0.29, 0.717) is 6.42 Å². The molecule has 0 aromatic carbocycles. The zero-order valence-electron chi connectivity index (χ0n) is 11.0. The molecule has 8 heteroatoms. The molecular weight excluding hydrogens is 274 g/mol. The highest BCUT2D eigenvalue weighted by Gasteiger charge is 2.25. The molecule has 0 spiro atoms. The van der Waals surface area contributed by atoms with Gasteiger partial charge < -0.3 is 10.4 Å². The van der Waals surface area contributed by atoms with Gasteiger partial charge in [-0.05, 0) is 6.42 Å². The van der Waals surface area contributed by atoms with Crippen LogP contribution in [0.15, 0.2) is 0 Å². The molecule has 7 nitrogen and oxygen atoms in total. The summed E-state index contributed by atoms with van der Waals surface area (Å²) in [5, 5.41) is 10.8. The van der Waals surface area contributed by atoms with E-state index in [1.165, 1.54) is 0 Å². The van der Waals surface area contributed by atoms with Crippen molar-refractivity contribution < 1.29 is 27.7 Å². The second-order valence-electron chi connectivity index (χ2n) is 4.37. The van der Waals surface area contributed by atoms with Crippen molar-refractivity contribution in [1.82, 2.24) is 5.32 Å². The molecule has 0 unspecified atom stereocenters. The van der Waals surface area contributed by atoms with E-state index in [2.05, 4.69) is 12.2 Å². The Bertz CT molecular complexity index is 392. The maximum atomic E-state index is 11.4. The number of carbonyl (C=O) groups excluding carboxylic acids is 1. The summed E-state index contributed by atoms with van der Waals surface area (Å²) >= 11 is 0. The maximum absolute atomic E-state index is 11.4. The molecule has 0 saturated heterocycles. The molecule has 0 heterocycles. The molecule has 0 rings (SSSR count). The summed E-state index contributed by atoms with van der Waals surface area (Å²) in [6.45, 7) is 2.07. The monoisotopic (exact) mass is 295 g/mol. The Morgan fingerprint density at radius 2 is 1.74 bits per heavy atom. The third kappa shape index (κ3) is 10.5. The topological polar surface area (TPSA) is 121 Å². The Kier molecular flexibility index (Phi) is 8.33. The number of nitrogens with one attached hydrogen (secondary N) is 1. The molecule has 0 fully saturated rings. The predicted molar refractivity (Wildman–Crippen MR) is 69.4 cm³/mol. The molecule has 0 saturated carbocycles. The molecule has 3 N–H and O–H groups in total. The lowest BCUT2D eigenvalue weighted by Crippen LogP contribution is -2.45. The Morgan fingerprint density at radius 1 is 1.16 bits per heavy atom. The van der Waals surface area contributed by atoms with Crippen LogP contribution >= 0.6 is 0 Å². The van der Waals surface area contributed by atoms with Gasteiger partial charge in [-0.15, -0.1) is 0 Å². The highest BCUT2D eigenvalue weighted by atomic mass is 32.2. The first kappa shape index (κ1) is 17.8. The van der Waals surface area contributed by atoms with Crippen LogP contribution in [0.25, 0.3) is 0 Å². The van der Waals surface area contributed by atoms with Crippen LogP contribution in [0.2, 0.25) is 0 Å². The van der Waals surface area contributed by atoms with E-state index >= 15 is 0 Å². The van der Waals surface area contributed by atoms with Crippen molar-refractivity contribution in [2.75, 3.05) is 5.75 Å². The van der Waals surface area contributed by atoms with Gasteiger partial charge in [-0.3, -0.25) is 9.35 Å². The number of hydrogen-bond acceptors (Lipinski definition) is 4. The first-order chi connectivity index (χ1) is 8.76. The molecule has 0 aliphatic rings. The van der Waals surface area contributed by atoms with Crippen LogP contribution in [0.4, 0.5) is 0 Å². The van der Waals surface area contributed by atoms with Crippen molar-refractivity contribution in [3.05, 3.63) is 0 Å². The number of unbranched alkanes of at least 4 members (excludes halogenated alkanes) is 4. The van der Waals surface area contributed by atoms with Gasteiger partial charge >= 0.3 is 5.97 Å². The fraction of sp³-hybridized carbons (Fsp3) is 0.818. The molecule has 0 aromatic heterocycles. The Balaban J connectivity index is 4.08. The zero-order valence-corrected chi connectivity index (χ0v) is 11.8. The number of carbonyl (C=O) groups is 2. The van der Waals surface area contributed by atoms with Crippen molar-refractivity contribution in [2.24, 2.45) is 0 Å². The maximum Gasteiger partial charge on any atom is 0.327 e. The molecule has 0 radical (unpaired) electrons. The Hall–Kier alpha value is -1.15. The zero-order chi connectivity index (χ0) is 14.9. The summed E-state index contributed by atoms with van der Waals surface area (Å²) in [5.41, 5.74) is 0. The lowest BCUT2D eigenvalue weighted by atomic mass is 10.1. The van der Waals surface area contributed by atoms with Gasteiger partial charge in [0.1, 0.15) is 11.8 Å². The molecule has 112 valence electrons. The van der Waals surface area contributed by atoms with Crippen LogP contribution in [-0.4, -0.2) is 41.7 Å². The van der Waals surface area contributed by atoms with E-state index in [1.54, 1.807) is 0 Å². The van der Waals surface area contributed by atoms with Gasteiger partial charge in [0.2, 0.25) is 5.91 Å². The van der Waals surface area contributed by atoms with E-state index in [4.69, 9.17) is 9.66 Å². The normalized spacial score (nSPS) is 12.9. The van der Waals surface area contributed by atoms with E-state index in [-0.39, 0.29) is 6.42 Å². The fourth-order valence-corrected chi connectivity index (χ4v) is 2.19. The van der Waals surface area contributed by atoms with Gasteiger partial charge in [-0.1, -0.05) is 32.6 Å². The molecule has 1 amide bonds. The fourth-order valence-electron chi connectivity index (χ4n) is 1.54. The lowest BCUT2D eigenvalue weighted by Gasteiger charge is -2.12. The second-order valence-corrected chi connectivity index (χ2v) is 5.87. The van der Waals surface area contributed by atoms with Gasteiger partial charge in [0, 0.05) is 6.42 Å². The number of amides is 1. The standard InChI is InChI=1S/C11H21NO6S/c1-2-3-4-5-6-7-10(13)12-9(11(14)15)8-19(16,17)18/h9H,2-8H2,1H3,(H,12,13)(H,14,15)(H,16,17,18)/t9-/m0/s1. The lowest BCUT2D eigenvalue weighted by molar-refractivity contribution is -0.141. The molecule has 0 bridgehead atoms. The van der Waals surface area contributed by atoms with E-state index in [0.717, 1.165) is 25.7 Å². The Labute approximate surface area is 113 Å². The largest absolute Gasteiger partial charge is 0.480 e. The van der Waals surface area contributed by atoms with Crippen LogP contribution in [-0.2, 0) is 19.7 Å². The van der Waals surface area contributed by atoms with Crippen molar-refractivity contribution >= 4 is 22.0 Å². The minimum Gasteiger partial charge on any atom is -0.480 e. The van der Waals surface area contributed by atoms with Gasteiger partial charge in [0.15, 0.2) is 0 Å². The summed E-state index contributed by atoms with van der Waals surface area (Å²) < 4.78 is 29.8. The predicted octanol–water partition coefficient (Wildman–Crippen LogP) is 0.804. The average molecular weight is 295 g/mol. The number of rotatable bonds is 10. The number of hydrogen-bond donors (Lipinski definition) is 3. The molecule has 1 atom stereocenters. The summed E-state index contributed by atoms with van der Waals surface area (Å²) in [5.74, 6) is -3.03. The van der Waals surface area contributed by atoms with E-state index in [1.807, 2.05) is 0 Å². The summed E-state index contributed by atoms with van der Waals surface area (Å²) in [7, 11) is -4.44. The smallest absolute Gasteiger partial charge is 0.327 e. The van der Waals surface area contributed by atoms with Crippen molar-refractivity contribution in [3.8, 4) is 0 Å². The van der Waals surface area contributed by atoms with Crippen molar-refractivity contribution in [2.45, 2.75) is 51.5 Å². The third-order valence-corrected chi connectivity index (χ3v) is 3.27. The van der Waals surface area contributed by atoms with Crippen LogP contribution in [0.5, 0.6) is 0 Å². The van der Waals surface area contributed by atoms with Crippen LogP contribution < -0.4 is 5.32 Å². The Morgan fingerprint density at radius 3 is 2.21 bits per heavy atom. The van der Waals surface area contributed by atoms with Crippen LogP contribution in [0.1, 0.15) is 45.4 Å². The number of carboxylic acids is 1. The molecule has 0 aromatic rings. The average Bonchev–Trinajstić information content (AvgIpc) is 2.26. The minimum absolute atomic E-state index is 0.152. The summed E-state index contributed by atoms with van der Waals surface area (Å²) in [4.78, 5) is 22.2. The van der Waals surface area contributed by atoms with Gasteiger partial charge in [-0.25, -0.2) is 4.79 Å². The van der Waals surface area contributed by atoms with Gasteiger partial charge in [-0.2, -0.15) is 8.42 Å². The van der Waals surface area contributed by atoms with E-state index in [9.17, 15) is 18.0 Å². The first-order valence-electron chi connectivity index (χ1n) is 6.23. The van der Waals surface area contributed by atoms with Crippen molar-refractivity contribution in [3.63, 3.8) is 0 Å². The van der Waals surface area contributed by atoms with E-state index < -0.39 is 33.8 Å². The van der Waals surface area contributed by atoms with Crippen LogP contribution in [0, 0.1) is 0 Å². The minimum atomic E-state index is -4.44. The molecular formula is C11H21NO6S. The molecule has 19 heavy (non-hydrogen) atoms. The number of carboxylic acid groups (broad SMARTS) is 1. The highest BCUT2D eigenvalue weighted by Crippen LogP contribution is 2.05. The van der Waals surface area contributed by atoms with Crippen LogP contribution in [0.3, 0.4) is 0 Å². The molecule has 0 aliphatic carbocycles. The third-order valence-electron chi connectivity index (χ3n) is 2.52. The van der Waals surface area contributed by atoms with Crippen molar-refractivity contribution in [1.29, 1.82) is 0 Å². The first-order valence-corrected chi connectivity index (χ1v) is 7.84. The second kappa shape index (κ2) is 8.87. The summed E-state index contributed by atoms with van der Waals surface area (Å²) in [6, 6.07) is -1.61. The highest BCUT2D eigenvalue weighted by molar-refractivity contribution is 7.85. The SMILES string of the molecule is CCCCCCCC(=O)N[C@@H](CS(=O)(=O)O)C(=O)O. The summed E-state index contributed by atoms with van der Waals surface area (Å²) in [6.07, 6.45) is 4.83. The quantitative estimate of drug-likeness (QED) is 0.405. The van der Waals surface area contributed by atoms with Gasteiger partial charge in [0.25, 0.3) is 10.1 Å².